The van der Waals surface area contributed by atoms with E-state index in [1.807, 2.05) is 20.8 Å². The molecule has 0 aliphatic carbocycles. The van der Waals surface area contributed by atoms with E-state index in [1.165, 1.54) is 5.56 Å². The molecule has 1 aromatic rings. The Bertz CT molecular complexity index is 701. The van der Waals surface area contributed by atoms with E-state index in [4.69, 9.17) is 0 Å². The Hall–Kier alpha value is -1.92. The van der Waals surface area contributed by atoms with Gasteiger partial charge in [-0.1, -0.05) is 44.2 Å². The van der Waals surface area contributed by atoms with Crippen LogP contribution >= 0.6 is 0 Å². The summed E-state index contributed by atoms with van der Waals surface area (Å²) in [6.07, 6.45) is 4.21. The molecular formula is C25H40N4O2. The maximum Gasteiger partial charge on any atom is 0.237 e. The number of amides is 2. The molecule has 2 atom stereocenters. The minimum atomic E-state index is -0.119. The zero-order chi connectivity index (χ0) is 22.2. The fourth-order valence-electron chi connectivity index (χ4n) is 4.63. The van der Waals surface area contributed by atoms with Crippen LogP contribution in [-0.2, 0) is 16.1 Å². The lowest BCUT2D eigenvalue weighted by molar-refractivity contribution is -0.128. The minimum absolute atomic E-state index is 0.0171. The number of piperidine rings is 2. The highest BCUT2D eigenvalue weighted by Crippen LogP contribution is 2.19. The first-order chi connectivity index (χ1) is 14.9. The molecule has 2 amide bonds. The molecule has 3 rings (SSSR count). The quantitative estimate of drug-likeness (QED) is 0.668. The lowest BCUT2D eigenvalue weighted by atomic mass is 9.96. The third-order valence-corrected chi connectivity index (χ3v) is 6.75. The van der Waals surface area contributed by atoms with Gasteiger partial charge < -0.3 is 10.6 Å². The van der Waals surface area contributed by atoms with E-state index in [2.05, 4.69) is 50.8 Å². The average molecular weight is 429 g/mol. The fourth-order valence-corrected chi connectivity index (χ4v) is 4.63. The summed E-state index contributed by atoms with van der Waals surface area (Å²) in [6.45, 7) is 11.4. The summed E-state index contributed by atoms with van der Waals surface area (Å²) >= 11 is 0. The van der Waals surface area contributed by atoms with Crippen LogP contribution in [0.15, 0.2) is 30.3 Å². The number of hydrogen-bond donors (Lipinski definition) is 2. The van der Waals surface area contributed by atoms with Gasteiger partial charge in [0.2, 0.25) is 11.8 Å². The van der Waals surface area contributed by atoms with Crippen LogP contribution in [-0.4, -0.2) is 66.4 Å². The summed E-state index contributed by atoms with van der Waals surface area (Å²) in [6, 6.07) is 10.7. The van der Waals surface area contributed by atoms with E-state index in [9.17, 15) is 9.59 Å². The van der Waals surface area contributed by atoms with Gasteiger partial charge in [0.25, 0.3) is 0 Å². The molecule has 6 heteroatoms. The molecule has 0 radical (unpaired) electrons. The highest BCUT2D eigenvalue weighted by molar-refractivity contribution is 5.81. The van der Waals surface area contributed by atoms with Gasteiger partial charge in [-0.15, -0.1) is 0 Å². The number of carbonyl (C=O) groups excluding carboxylic acids is 2. The Morgan fingerprint density at radius 2 is 1.71 bits per heavy atom. The Balaban J connectivity index is 1.39. The number of carbonyl (C=O) groups is 2. The van der Waals surface area contributed by atoms with Crippen molar-refractivity contribution in [1.82, 2.24) is 20.4 Å². The summed E-state index contributed by atoms with van der Waals surface area (Å²) < 4.78 is 0. The molecule has 0 bridgehead atoms. The normalized spacial score (nSPS) is 22.3. The Morgan fingerprint density at radius 3 is 2.39 bits per heavy atom. The molecule has 1 aromatic carbocycles. The van der Waals surface area contributed by atoms with E-state index >= 15 is 0 Å². The Labute approximate surface area is 187 Å². The van der Waals surface area contributed by atoms with Crippen molar-refractivity contribution in [3.63, 3.8) is 0 Å². The molecule has 2 N–H and O–H groups in total. The molecule has 2 heterocycles. The summed E-state index contributed by atoms with van der Waals surface area (Å²) in [5.41, 5.74) is 1.35. The van der Waals surface area contributed by atoms with Crippen molar-refractivity contribution in [2.24, 2.45) is 11.8 Å². The third-order valence-electron chi connectivity index (χ3n) is 6.75. The topological polar surface area (TPSA) is 64.7 Å². The SMILES string of the molecule is CC(C)C(=O)NCC1CCCN(C(C)C(=O)NC2CCN(Cc3ccccc3)CC2)C1. The smallest absolute Gasteiger partial charge is 0.237 e. The van der Waals surface area contributed by atoms with Crippen LogP contribution in [0.3, 0.4) is 0 Å². The van der Waals surface area contributed by atoms with E-state index < -0.39 is 0 Å². The summed E-state index contributed by atoms with van der Waals surface area (Å²) in [5, 5.41) is 6.36. The minimum Gasteiger partial charge on any atom is -0.356 e. The molecule has 6 nitrogen and oxygen atoms in total. The van der Waals surface area contributed by atoms with Gasteiger partial charge in [0, 0.05) is 44.7 Å². The number of rotatable bonds is 8. The van der Waals surface area contributed by atoms with Crippen LogP contribution in [0.25, 0.3) is 0 Å². The van der Waals surface area contributed by atoms with Crippen molar-refractivity contribution < 1.29 is 9.59 Å². The summed E-state index contributed by atoms with van der Waals surface area (Å²) in [5.74, 6) is 0.700. The molecule has 31 heavy (non-hydrogen) atoms. The molecule has 2 fully saturated rings. The zero-order valence-corrected chi connectivity index (χ0v) is 19.5. The number of benzene rings is 1. The Kier molecular flexibility index (Phi) is 8.90. The molecule has 2 aliphatic rings. The van der Waals surface area contributed by atoms with E-state index in [-0.39, 0.29) is 29.8 Å². The van der Waals surface area contributed by atoms with Crippen molar-refractivity contribution in [2.45, 2.75) is 65.1 Å². The number of likely N-dealkylation sites (tertiary alicyclic amines) is 2. The summed E-state index contributed by atoms with van der Waals surface area (Å²) in [7, 11) is 0. The predicted octanol–water partition coefficient (Wildman–Crippen LogP) is 2.64. The second-order valence-electron chi connectivity index (χ2n) is 9.62. The van der Waals surface area contributed by atoms with Crippen LogP contribution in [0.5, 0.6) is 0 Å². The van der Waals surface area contributed by atoms with Gasteiger partial charge in [-0.25, -0.2) is 0 Å². The van der Waals surface area contributed by atoms with Gasteiger partial charge in [0.1, 0.15) is 0 Å². The zero-order valence-electron chi connectivity index (χ0n) is 19.5. The van der Waals surface area contributed by atoms with Crippen LogP contribution in [0.1, 0.15) is 52.0 Å². The van der Waals surface area contributed by atoms with Crippen LogP contribution in [0, 0.1) is 11.8 Å². The maximum absolute atomic E-state index is 12.9. The molecule has 0 saturated carbocycles. The largest absolute Gasteiger partial charge is 0.356 e. The third kappa shape index (κ3) is 7.32. The number of nitrogens with one attached hydrogen (secondary N) is 2. The molecule has 172 valence electrons. The van der Waals surface area contributed by atoms with Crippen molar-refractivity contribution >= 4 is 11.8 Å². The van der Waals surface area contributed by atoms with Crippen molar-refractivity contribution in [2.75, 3.05) is 32.7 Å². The van der Waals surface area contributed by atoms with Gasteiger partial charge in [-0.3, -0.25) is 19.4 Å². The monoisotopic (exact) mass is 428 g/mol. The molecule has 0 aromatic heterocycles. The lowest BCUT2D eigenvalue weighted by Crippen LogP contribution is -2.53. The van der Waals surface area contributed by atoms with Crippen molar-refractivity contribution in [3.05, 3.63) is 35.9 Å². The van der Waals surface area contributed by atoms with E-state index in [0.29, 0.717) is 12.5 Å². The summed E-state index contributed by atoms with van der Waals surface area (Å²) in [4.78, 5) is 29.5. The van der Waals surface area contributed by atoms with Crippen LogP contribution in [0.2, 0.25) is 0 Å². The molecule has 0 spiro atoms. The molecule has 2 unspecified atom stereocenters. The van der Waals surface area contributed by atoms with Gasteiger partial charge in [0.15, 0.2) is 0 Å². The van der Waals surface area contributed by atoms with Gasteiger partial charge in [0.05, 0.1) is 6.04 Å². The van der Waals surface area contributed by atoms with E-state index in [0.717, 1.165) is 58.4 Å². The first-order valence-corrected chi connectivity index (χ1v) is 12.0. The van der Waals surface area contributed by atoms with E-state index in [1.54, 1.807) is 0 Å². The molecular weight excluding hydrogens is 388 g/mol. The van der Waals surface area contributed by atoms with Crippen LogP contribution in [0.4, 0.5) is 0 Å². The first-order valence-electron chi connectivity index (χ1n) is 12.0. The predicted molar refractivity (Wildman–Crippen MR) is 124 cm³/mol. The number of hydrogen-bond acceptors (Lipinski definition) is 4. The maximum atomic E-state index is 12.9. The van der Waals surface area contributed by atoms with Gasteiger partial charge in [-0.2, -0.15) is 0 Å². The number of nitrogens with zero attached hydrogens (tertiary/aromatic N) is 2. The van der Waals surface area contributed by atoms with Gasteiger partial charge >= 0.3 is 0 Å². The molecule has 2 saturated heterocycles. The fraction of sp³-hybridized carbons (Fsp3) is 0.680. The van der Waals surface area contributed by atoms with Crippen molar-refractivity contribution in [3.8, 4) is 0 Å². The van der Waals surface area contributed by atoms with Gasteiger partial charge in [-0.05, 0) is 50.6 Å². The standard InChI is InChI=1S/C25H40N4O2/c1-19(2)24(30)26-16-22-10-7-13-29(18-22)20(3)25(31)27-23-11-14-28(15-12-23)17-21-8-5-4-6-9-21/h4-6,8-9,19-20,22-23H,7,10-18H2,1-3H3,(H,26,30)(H,27,31). The molecule has 2 aliphatic heterocycles. The van der Waals surface area contributed by atoms with Crippen LogP contribution < -0.4 is 10.6 Å². The second-order valence-corrected chi connectivity index (χ2v) is 9.62. The lowest BCUT2D eigenvalue weighted by Gasteiger charge is -2.38. The highest BCUT2D eigenvalue weighted by Gasteiger charge is 2.29. The highest BCUT2D eigenvalue weighted by atomic mass is 16.2. The Morgan fingerprint density at radius 1 is 1.00 bits per heavy atom. The first kappa shape index (κ1) is 23.7. The average Bonchev–Trinajstić information content (AvgIpc) is 2.79. The second kappa shape index (κ2) is 11.6. The van der Waals surface area contributed by atoms with Crippen molar-refractivity contribution in [1.29, 1.82) is 0 Å².